The SMILES string of the molecule is Cc1ccc2cc(-c3ccc(O)cc3C(F)(F)F)c(=O)oc2c1. The highest BCUT2D eigenvalue weighted by Gasteiger charge is 2.34. The van der Waals surface area contributed by atoms with Gasteiger partial charge >= 0.3 is 11.8 Å². The molecular weight excluding hydrogens is 309 g/mol. The van der Waals surface area contributed by atoms with Crippen LogP contribution in [0.3, 0.4) is 0 Å². The molecule has 0 unspecified atom stereocenters. The van der Waals surface area contributed by atoms with E-state index >= 15 is 0 Å². The van der Waals surface area contributed by atoms with Crippen molar-refractivity contribution >= 4 is 11.0 Å². The predicted octanol–water partition coefficient (Wildman–Crippen LogP) is 4.49. The Morgan fingerprint density at radius 2 is 1.74 bits per heavy atom. The summed E-state index contributed by atoms with van der Waals surface area (Å²) in [7, 11) is 0. The van der Waals surface area contributed by atoms with Crippen molar-refractivity contribution in [2.24, 2.45) is 0 Å². The Hall–Kier alpha value is -2.76. The topological polar surface area (TPSA) is 50.4 Å². The van der Waals surface area contributed by atoms with Crippen LogP contribution in [0.2, 0.25) is 0 Å². The zero-order valence-electron chi connectivity index (χ0n) is 11.9. The predicted molar refractivity (Wildman–Crippen MR) is 79.3 cm³/mol. The van der Waals surface area contributed by atoms with Crippen molar-refractivity contribution < 1.29 is 22.7 Å². The summed E-state index contributed by atoms with van der Waals surface area (Å²) >= 11 is 0. The lowest BCUT2D eigenvalue weighted by molar-refractivity contribution is -0.137. The average molecular weight is 320 g/mol. The maximum atomic E-state index is 13.2. The molecule has 1 N–H and O–H groups in total. The van der Waals surface area contributed by atoms with Crippen LogP contribution in [0.15, 0.2) is 51.7 Å². The van der Waals surface area contributed by atoms with E-state index in [1.165, 1.54) is 6.07 Å². The van der Waals surface area contributed by atoms with Crippen LogP contribution in [0.5, 0.6) is 5.75 Å². The number of benzene rings is 2. The van der Waals surface area contributed by atoms with Gasteiger partial charge in [0.05, 0.1) is 11.1 Å². The van der Waals surface area contributed by atoms with Crippen molar-refractivity contribution in [3.05, 3.63) is 64.0 Å². The highest BCUT2D eigenvalue weighted by Crippen LogP contribution is 2.38. The van der Waals surface area contributed by atoms with Gasteiger partial charge in [0.2, 0.25) is 0 Å². The Morgan fingerprint density at radius 1 is 1.00 bits per heavy atom. The number of phenolic OH excluding ortho intramolecular Hbond substituents is 1. The number of rotatable bonds is 1. The fraction of sp³-hybridized carbons (Fsp3) is 0.118. The summed E-state index contributed by atoms with van der Waals surface area (Å²) < 4.78 is 44.6. The van der Waals surface area contributed by atoms with Crippen LogP contribution in [-0.2, 0) is 6.18 Å². The molecule has 3 rings (SSSR count). The fourth-order valence-corrected chi connectivity index (χ4v) is 2.41. The number of halogens is 3. The monoisotopic (exact) mass is 320 g/mol. The number of hydrogen-bond acceptors (Lipinski definition) is 3. The molecule has 6 heteroatoms. The molecule has 0 bridgehead atoms. The van der Waals surface area contributed by atoms with Crippen molar-refractivity contribution in [1.82, 2.24) is 0 Å². The van der Waals surface area contributed by atoms with Gasteiger partial charge in [0.25, 0.3) is 0 Å². The number of phenols is 1. The van der Waals surface area contributed by atoms with Crippen molar-refractivity contribution in [2.45, 2.75) is 13.1 Å². The number of aryl methyl sites for hydroxylation is 1. The molecule has 0 aliphatic heterocycles. The number of hydrogen-bond donors (Lipinski definition) is 1. The Balaban J connectivity index is 2.31. The van der Waals surface area contributed by atoms with E-state index in [1.807, 2.05) is 6.92 Å². The average Bonchev–Trinajstić information content (AvgIpc) is 2.46. The third-order valence-electron chi connectivity index (χ3n) is 3.49. The second-order valence-electron chi connectivity index (χ2n) is 5.22. The van der Waals surface area contributed by atoms with E-state index in [1.54, 1.807) is 18.2 Å². The van der Waals surface area contributed by atoms with Gasteiger partial charge in [-0.15, -0.1) is 0 Å². The molecule has 0 saturated carbocycles. The molecule has 0 radical (unpaired) electrons. The molecule has 0 saturated heterocycles. The van der Waals surface area contributed by atoms with Gasteiger partial charge in [0.1, 0.15) is 11.3 Å². The van der Waals surface area contributed by atoms with E-state index in [9.17, 15) is 23.1 Å². The molecule has 1 heterocycles. The molecule has 118 valence electrons. The molecule has 2 aromatic carbocycles. The maximum absolute atomic E-state index is 13.2. The first-order valence-electron chi connectivity index (χ1n) is 6.71. The summed E-state index contributed by atoms with van der Waals surface area (Å²) in [6.45, 7) is 1.81. The number of fused-ring (bicyclic) bond motifs is 1. The van der Waals surface area contributed by atoms with Gasteiger partial charge in [-0.25, -0.2) is 4.79 Å². The van der Waals surface area contributed by atoms with E-state index in [4.69, 9.17) is 4.42 Å². The van der Waals surface area contributed by atoms with Gasteiger partial charge in [-0.3, -0.25) is 0 Å². The van der Waals surface area contributed by atoms with Gasteiger partial charge in [-0.2, -0.15) is 13.2 Å². The molecule has 0 atom stereocenters. The van der Waals surface area contributed by atoms with E-state index in [2.05, 4.69) is 0 Å². The Bertz CT molecular complexity index is 955. The summed E-state index contributed by atoms with van der Waals surface area (Å²) in [5.74, 6) is -0.526. The largest absolute Gasteiger partial charge is 0.508 e. The van der Waals surface area contributed by atoms with Crippen molar-refractivity contribution in [3.8, 4) is 16.9 Å². The highest BCUT2D eigenvalue weighted by atomic mass is 19.4. The molecule has 3 nitrogen and oxygen atoms in total. The molecule has 23 heavy (non-hydrogen) atoms. The Morgan fingerprint density at radius 3 is 2.43 bits per heavy atom. The molecule has 1 aromatic heterocycles. The maximum Gasteiger partial charge on any atom is 0.417 e. The minimum Gasteiger partial charge on any atom is -0.508 e. The quantitative estimate of drug-likeness (QED) is 0.672. The van der Waals surface area contributed by atoms with Crippen LogP contribution >= 0.6 is 0 Å². The standard InChI is InChI=1S/C17H11F3O3/c1-9-2-3-10-7-13(16(22)23-15(10)6-9)12-5-4-11(21)8-14(12)17(18,19)20/h2-8,21H,1H3. The van der Waals surface area contributed by atoms with Gasteiger partial charge in [-0.1, -0.05) is 12.1 Å². The number of alkyl halides is 3. The van der Waals surface area contributed by atoms with E-state index in [0.717, 1.165) is 17.7 Å². The molecule has 3 aromatic rings. The normalized spacial score (nSPS) is 11.8. The lowest BCUT2D eigenvalue weighted by atomic mass is 9.99. The highest BCUT2D eigenvalue weighted by molar-refractivity contribution is 5.83. The zero-order valence-corrected chi connectivity index (χ0v) is 11.9. The lowest BCUT2D eigenvalue weighted by Crippen LogP contribution is -2.11. The van der Waals surface area contributed by atoms with Gasteiger partial charge < -0.3 is 9.52 Å². The van der Waals surface area contributed by atoms with Crippen molar-refractivity contribution in [1.29, 1.82) is 0 Å². The second-order valence-corrected chi connectivity index (χ2v) is 5.22. The summed E-state index contributed by atoms with van der Waals surface area (Å²) in [6, 6.07) is 9.20. The van der Waals surface area contributed by atoms with E-state index < -0.39 is 23.1 Å². The van der Waals surface area contributed by atoms with E-state index in [-0.39, 0.29) is 11.1 Å². The van der Waals surface area contributed by atoms with Crippen LogP contribution in [0, 0.1) is 6.92 Å². The first-order valence-corrected chi connectivity index (χ1v) is 6.71. The molecular formula is C17H11F3O3. The van der Waals surface area contributed by atoms with Crippen LogP contribution in [-0.4, -0.2) is 5.11 Å². The molecule has 0 aliphatic rings. The first-order chi connectivity index (χ1) is 10.8. The van der Waals surface area contributed by atoms with Gasteiger partial charge in [-0.05, 0) is 42.8 Å². The van der Waals surface area contributed by atoms with Gasteiger partial charge in [0.15, 0.2) is 0 Å². The molecule has 0 aliphatic carbocycles. The third-order valence-corrected chi connectivity index (χ3v) is 3.49. The van der Waals surface area contributed by atoms with Crippen molar-refractivity contribution in [2.75, 3.05) is 0 Å². The van der Waals surface area contributed by atoms with E-state index in [0.29, 0.717) is 17.0 Å². The zero-order chi connectivity index (χ0) is 16.8. The Kier molecular flexibility index (Phi) is 3.39. The summed E-state index contributed by atoms with van der Waals surface area (Å²) in [4.78, 5) is 12.1. The first kappa shape index (κ1) is 15.1. The molecule has 0 fully saturated rings. The van der Waals surface area contributed by atoms with Crippen LogP contribution in [0.4, 0.5) is 13.2 Å². The number of aromatic hydroxyl groups is 1. The Labute approximate surface area is 128 Å². The molecule has 0 spiro atoms. The minimum absolute atomic E-state index is 0.200. The van der Waals surface area contributed by atoms with Gasteiger partial charge in [0, 0.05) is 10.9 Å². The summed E-state index contributed by atoms with van der Waals surface area (Å²) in [6.07, 6.45) is -4.71. The second kappa shape index (κ2) is 5.15. The van der Waals surface area contributed by atoms with Crippen LogP contribution < -0.4 is 5.63 Å². The van der Waals surface area contributed by atoms with Crippen LogP contribution in [0.25, 0.3) is 22.1 Å². The summed E-state index contributed by atoms with van der Waals surface area (Å²) in [5.41, 5.74) is -1.30. The lowest BCUT2D eigenvalue weighted by Gasteiger charge is -2.13. The van der Waals surface area contributed by atoms with Crippen LogP contribution in [0.1, 0.15) is 11.1 Å². The smallest absolute Gasteiger partial charge is 0.417 e. The third kappa shape index (κ3) is 2.79. The summed E-state index contributed by atoms with van der Waals surface area (Å²) in [5, 5.41) is 9.84. The minimum atomic E-state index is -4.71. The van der Waals surface area contributed by atoms with Crippen molar-refractivity contribution in [3.63, 3.8) is 0 Å². The molecule has 0 amide bonds. The fourth-order valence-electron chi connectivity index (χ4n) is 2.41.